The topological polar surface area (TPSA) is 193 Å². The van der Waals surface area contributed by atoms with Gasteiger partial charge < -0.3 is 19.9 Å². The van der Waals surface area contributed by atoms with Gasteiger partial charge >= 0.3 is 0 Å². The molecule has 2 heterocycles. The third-order valence-electron chi connectivity index (χ3n) is 7.21. The van der Waals surface area contributed by atoms with E-state index in [1.807, 2.05) is 44.2 Å². The summed E-state index contributed by atoms with van der Waals surface area (Å²) in [6.07, 6.45) is 5.91. The summed E-state index contributed by atoms with van der Waals surface area (Å²) in [7, 11) is 0. The number of amides is 1. The van der Waals surface area contributed by atoms with Crippen molar-refractivity contribution in [2.75, 3.05) is 0 Å². The number of carbonyl (C=O) groups excluding carboxylic acids is 1. The fourth-order valence-electron chi connectivity index (χ4n) is 4.61. The summed E-state index contributed by atoms with van der Waals surface area (Å²) < 4.78 is 10.9. The van der Waals surface area contributed by atoms with E-state index in [0.717, 1.165) is 40.9 Å². The molecule has 13 nitrogen and oxygen atoms in total. The first-order valence-electron chi connectivity index (χ1n) is 15.1. The normalized spacial score (nSPS) is 11.7. The van der Waals surface area contributed by atoms with Gasteiger partial charge in [0.05, 0.1) is 33.7 Å². The van der Waals surface area contributed by atoms with E-state index in [0.29, 0.717) is 24.6 Å². The zero-order valence-electron chi connectivity index (χ0n) is 26.5. The lowest BCUT2D eigenvalue weighted by Crippen LogP contribution is -2.31. The van der Waals surface area contributed by atoms with E-state index in [1.54, 1.807) is 36.8 Å². The Hall–Kier alpha value is -5.21. The number of aromatic nitrogens is 2. The van der Waals surface area contributed by atoms with E-state index in [4.69, 9.17) is 14.6 Å². The number of non-ortho nitro benzene ring substituents is 2. The highest BCUT2D eigenvalue weighted by molar-refractivity contribution is 8.93. The largest absolute Gasteiger partial charge is 0.447 e. The number of hydrogen-bond donors (Lipinski definition) is 2. The molecule has 0 aliphatic heterocycles. The van der Waals surface area contributed by atoms with Crippen LogP contribution in [0.4, 0.5) is 11.4 Å². The lowest BCUT2D eigenvalue weighted by Gasteiger charge is -2.16. The quantitative estimate of drug-likeness (QED) is 0.0970. The average molecular weight is 722 g/mol. The zero-order chi connectivity index (χ0) is 33.8. The fraction of sp³-hybridized carbons (Fsp3) is 0.265. The Morgan fingerprint density at radius 3 is 1.71 bits per heavy atom. The van der Waals surface area contributed by atoms with Crippen LogP contribution in [-0.4, -0.2) is 25.7 Å². The maximum absolute atomic E-state index is 12.5. The molecule has 5 aromatic rings. The lowest BCUT2D eigenvalue weighted by molar-refractivity contribution is -0.385. The first-order chi connectivity index (χ1) is 22.6. The predicted octanol–water partition coefficient (Wildman–Crippen LogP) is 6.75. The summed E-state index contributed by atoms with van der Waals surface area (Å²) in [5, 5.41) is 24.4. The van der Waals surface area contributed by atoms with Crippen LogP contribution < -0.4 is 11.1 Å². The van der Waals surface area contributed by atoms with Crippen LogP contribution in [0.5, 0.6) is 0 Å². The molecule has 14 heteroatoms. The van der Waals surface area contributed by atoms with Crippen LogP contribution in [0.3, 0.4) is 0 Å². The van der Waals surface area contributed by atoms with Gasteiger partial charge in [0.1, 0.15) is 18.6 Å². The van der Waals surface area contributed by atoms with Crippen LogP contribution in [0.1, 0.15) is 65.8 Å². The number of hydrogen-bond acceptors (Lipinski definition) is 10. The molecule has 0 aliphatic rings. The molecule has 48 heavy (non-hydrogen) atoms. The summed E-state index contributed by atoms with van der Waals surface area (Å²) in [5.41, 5.74) is 10.4. The molecular formula is C34H37BrN6O7. The summed E-state index contributed by atoms with van der Waals surface area (Å²) in [6, 6.07) is 21.2. The van der Waals surface area contributed by atoms with Gasteiger partial charge in [0.25, 0.3) is 11.4 Å². The summed E-state index contributed by atoms with van der Waals surface area (Å²) >= 11 is 0. The summed E-state index contributed by atoms with van der Waals surface area (Å²) in [6.45, 7) is 3.96. The number of rotatable bonds is 13. The second kappa shape index (κ2) is 18.2. The number of oxazole rings is 2. The van der Waals surface area contributed by atoms with Crippen molar-refractivity contribution in [3.63, 3.8) is 0 Å². The SMILES string of the molecule is Br.CCc1coc([C@@H](N)Cc2ccc([N+](=O)[O-])cc2)n1.CCc1coc([C@H](Cc2ccc([N+](=O)[O-])cc2)NC(=O)Cc2ccccc2)n1. The smallest absolute Gasteiger partial charge is 0.269 e. The molecule has 3 aromatic carbocycles. The Labute approximate surface area is 287 Å². The third kappa shape index (κ3) is 11.0. The van der Waals surface area contributed by atoms with E-state index < -0.39 is 15.9 Å². The fourth-order valence-corrected chi connectivity index (χ4v) is 4.61. The van der Waals surface area contributed by atoms with Crippen LogP contribution in [0.2, 0.25) is 0 Å². The number of carbonyl (C=O) groups is 1. The number of nitrogens with one attached hydrogen (secondary N) is 1. The molecule has 0 fully saturated rings. The average Bonchev–Trinajstić information content (AvgIpc) is 3.76. The molecule has 2 aromatic heterocycles. The number of aryl methyl sites for hydroxylation is 2. The highest BCUT2D eigenvalue weighted by Gasteiger charge is 2.21. The highest BCUT2D eigenvalue weighted by Crippen LogP contribution is 2.22. The number of benzene rings is 3. The van der Waals surface area contributed by atoms with Crippen LogP contribution in [0.25, 0.3) is 0 Å². The Bertz CT molecular complexity index is 1760. The highest BCUT2D eigenvalue weighted by atomic mass is 79.9. The minimum Gasteiger partial charge on any atom is -0.447 e. The van der Waals surface area contributed by atoms with Crippen molar-refractivity contribution in [2.45, 2.75) is 58.0 Å². The number of nitrogens with two attached hydrogens (primary N) is 1. The summed E-state index contributed by atoms with van der Waals surface area (Å²) in [4.78, 5) is 41.8. The van der Waals surface area contributed by atoms with Gasteiger partial charge in [-0.3, -0.25) is 25.0 Å². The second-order valence-corrected chi connectivity index (χ2v) is 10.7. The molecular weight excluding hydrogens is 684 g/mol. The summed E-state index contributed by atoms with van der Waals surface area (Å²) in [5.74, 6) is 0.779. The minimum absolute atomic E-state index is 0. The Balaban J connectivity index is 0.000000274. The van der Waals surface area contributed by atoms with E-state index in [1.165, 1.54) is 24.3 Å². The Morgan fingerprint density at radius 1 is 0.750 bits per heavy atom. The molecule has 0 spiro atoms. The van der Waals surface area contributed by atoms with E-state index in [2.05, 4.69) is 15.3 Å². The van der Waals surface area contributed by atoms with Gasteiger partial charge in [-0.25, -0.2) is 9.97 Å². The van der Waals surface area contributed by atoms with Crippen LogP contribution in [0, 0.1) is 20.2 Å². The number of nitro benzene ring substituents is 2. The van der Waals surface area contributed by atoms with Crippen molar-refractivity contribution < 1.29 is 23.5 Å². The standard InChI is InChI=1S/C21H21N3O4.C13H15N3O3.BrH/c1-2-17-14-28-21(22-17)19(12-16-8-10-18(11-9-16)24(26)27)23-20(25)13-15-6-4-3-5-7-15;1-2-10-8-19-13(15-10)12(14)7-9-3-5-11(6-4-9)16(17)18;/h3-11,14,19H,2,12-13H2,1H3,(H,23,25);3-6,8,12H,2,7,14H2,1H3;1H/t19-;12-;/m00./s1. The van der Waals surface area contributed by atoms with Crippen LogP contribution in [-0.2, 0) is 36.9 Å². The van der Waals surface area contributed by atoms with Gasteiger partial charge in [0, 0.05) is 30.7 Å². The van der Waals surface area contributed by atoms with Gasteiger partial charge in [-0.15, -0.1) is 17.0 Å². The molecule has 2 atom stereocenters. The van der Waals surface area contributed by atoms with Crippen LogP contribution in [0.15, 0.2) is 100 Å². The van der Waals surface area contributed by atoms with Gasteiger partial charge in [0.15, 0.2) is 0 Å². The maximum Gasteiger partial charge on any atom is 0.269 e. The van der Waals surface area contributed by atoms with Crippen molar-refractivity contribution in [2.24, 2.45) is 5.73 Å². The Morgan fingerprint density at radius 2 is 1.23 bits per heavy atom. The first kappa shape index (κ1) is 37.2. The van der Waals surface area contributed by atoms with Gasteiger partial charge in [-0.05, 0) is 36.0 Å². The minimum atomic E-state index is -0.460. The molecule has 3 N–H and O–H groups in total. The number of nitro groups is 2. The molecule has 252 valence electrons. The van der Waals surface area contributed by atoms with Crippen LogP contribution >= 0.6 is 17.0 Å². The molecule has 0 radical (unpaired) electrons. The third-order valence-corrected chi connectivity index (χ3v) is 7.21. The van der Waals surface area contributed by atoms with Crippen molar-refractivity contribution in [3.05, 3.63) is 151 Å². The monoisotopic (exact) mass is 720 g/mol. The van der Waals surface area contributed by atoms with Crippen molar-refractivity contribution >= 4 is 34.3 Å². The lowest BCUT2D eigenvalue weighted by atomic mass is 10.0. The first-order valence-corrected chi connectivity index (χ1v) is 15.1. The van der Waals surface area contributed by atoms with E-state index in [-0.39, 0.29) is 46.7 Å². The molecule has 0 saturated carbocycles. The van der Waals surface area contributed by atoms with Gasteiger partial charge in [-0.1, -0.05) is 68.4 Å². The molecule has 0 aliphatic carbocycles. The Kier molecular flexibility index (Phi) is 14.1. The molecule has 0 unspecified atom stereocenters. The van der Waals surface area contributed by atoms with E-state index >= 15 is 0 Å². The van der Waals surface area contributed by atoms with Crippen molar-refractivity contribution in [1.82, 2.24) is 15.3 Å². The second-order valence-electron chi connectivity index (χ2n) is 10.7. The number of nitrogens with zero attached hydrogens (tertiary/aromatic N) is 4. The van der Waals surface area contributed by atoms with Gasteiger partial charge in [-0.2, -0.15) is 0 Å². The van der Waals surface area contributed by atoms with Crippen molar-refractivity contribution in [1.29, 1.82) is 0 Å². The molecule has 1 amide bonds. The number of halogens is 1. The van der Waals surface area contributed by atoms with Crippen molar-refractivity contribution in [3.8, 4) is 0 Å². The predicted molar refractivity (Wildman–Crippen MR) is 184 cm³/mol. The van der Waals surface area contributed by atoms with Gasteiger partial charge in [0.2, 0.25) is 17.7 Å². The maximum atomic E-state index is 12.5. The molecule has 0 bridgehead atoms. The zero-order valence-corrected chi connectivity index (χ0v) is 28.2. The van der Waals surface area contributed by atoms with E-state index in [9.17, 15) is 25.0 Å². The molecule has 0 saturated heterocycles. The molecule has 5 rings (SSSR count).